The molecule has 4 rings (SSSR count). The molecule has 0 radical (unpaired) electrons. The monoisotopic (exact) mass is 422 g/mol. The summed E-state index contributed by atoms with van der Waals surface area (Å²) < 4.78 is 12.7. The molecule has 2 unspecified atom stereocenters. The van der Waals surface area contributed by atoms with Crippen molar-refractivity contribution < 1.29 is 14.3 Å². The Kier molecular flexibility index (Phi) is 3.85. The van der Waals surface area contributed by atoms with Crippen LogP contribution in [0.2, 0.25) is 5.02 Å². The number of amides is 2. The van der Waals surface area contributed by atoms with Gasteiger partial charge in [-0.3, -0.25) is 4.90 Å². The molecule has 2 atom stereocenters. The Hall–Kier alpha value is -1.92. The lowest BCUT2D eigenvalue weighted by atomic mass is 9.90. The van der Waals surface area contributed by atoms with E-state index in [2.05, 4.69) is 21.2 Å². The molecule has 7 heteroatoms. The first kappa shape index (κ1) is 16.5. The Labute approximate surface area is 159 Å². The summed E-state index contributed by atoms with van der Waals surface area (Å²) in [4.78, 5) is 14.4. The molecule has 0 aromatic heterocycles. The summed E-state index contributed by atoms with van der Waals surface area (Å²) in [7, 11) is 1.60. The van der Waals surface area contributed by atoms with Crippen molar-refractivity contribution in [1.29, 1.82) is 0 Å². The fraction of sp³-hybridized carbons (Fsp3) is 0.278. The minimum Gasteiger partial charge on any atom is -0.493 e. The third kappa shape index (κ3) is 2.64. The van der Waals surface area contributed by atoms with Gasteiger partial charge in [0, 0.05) is 27.2 Å². The van der Waals surface area contributed by atoms with Gasteiger partial charge in [-0.15, -0.1) is 0 Å². The van der Waals surface area contributed by atoms with E-state index in [0.717, 1.165) is 15.7 Å². The predicted octanol–water partition coefficient (Wildman–Crippen LogP) is 4.88. The van der Waals surface area contributed by atoms with E-state index in [0.29, 0.717) is 22.9 Å². The molecule has 2 bridgehead atoms. The van der Waals surface area contributed by atoms with Gasteiger partial charge >= 0.3 is 6.03 Å². The molecule has 2 aliphatic heterocycles. The summed E-state index contributed by atoms with van der Waals surface area (Å²) in [6.45, 7) is 1.91. The van der Waals surface area contributed by atoms with E-state index in [1.807, 2.05) is 31.2 Å². The number of rotatable bonds is 2. The Morgan fingerprint density at radius 3 is 2.76 bits per heavy atom. The van der Waals surface area contributed by atoms with Gasteiger partial charge in [0.25, 0.3) is 0 Å². The molecule has 0 aliphatic carbocycles. The summed E-state index contributed by atoms with van der Waals surface area (Å²) in [6, 6.07) is 10.6. The molecule has 25 heavy (non-hydrogen) atoms. The minimum atomic E-state index is -0.824. The zero-order valence-electron chi connectivity index (χ0n) is 13.7. The average Bonchev–Trinajstić information content (AvgIpc) is 2.56. The molecule has 1 saturated heterocycles. The maximum Gasteiger partial charge on any atom is 0.325 e. The van der Waals surface area contributed by atoms with Crippen LogP contribution in [-0.4, -0.2) is 18.9 Å². The van der Waals surface area contributed by atoms with Crippen molar-refractivity contribution in [2.75, 3.05) is 12.0 Å². The van der Waals surface area contributed by atoms with Crippen molar-refractivity contribution in [3.8, 4) is 11.5 Å². The maximum absolute atomic E-state index is 12.8. The lowest BCUT2D eigenvalue weighted by Crippen LogP contribution is -2.65. The highest BCUT2D eigenvalue weighted by atomic mass is 79.9. The van der Waals surface area contributed by atoms with E-state index in [4.69, 9.17) is 21.1 Å². The zero-order valence-corrected chi connectivity index (χ0v) is 16.0. The van der Waals surface area contributed by atoms with Gasteiger partial charge in [-0.1, -0.05) is 27.5 Å². The highest BCUT2D eigenvalue weighted by Gasteiger charge is 2.50. The van der Waals surface area contributed by atoms with Gasteiger partial charge in [-0.05, 0) is 43.3 Å². The molecule has 0 saturated carbocycles. The zero-order chi connectivity index (χ0) is 17.8. The molecule has 2 heterocycles. The van der Waals surface area contributed by atoms with Gasteiger partial charge in [0.2, 0.25) is 0 Å². The molecule has 2 aromatic rings. The first-order chi connectivity index (χ1) is 11.9. The standard InChI is InChI=1S/C18H16BrClN2O3/c1-18-9-14(13-7-10(19)8-15(24-2)16(13)25-18)21-17(23)22(18)12-5-3-11(20)4-6-12/h3-8,14H,9H2,1-2H3,(H,21,23). The fourth-order valence-corrected chi connectivity index (χ4v) is 4.11. The second-order valence-electron chi connectivity index (χ2n) is 6.32. The lowest BCUT2D eigenvalue weighted by molar-refractivity contribution is 0.0349. The normalized spacial score (nSPS) is 24.2. The topological polar surface area (TPSA) is 50.8 Å². The van der Waals surface area contributed by atoms with Crippen molar-refractivity contribution in [1.82, 2.24) is 5.32 Å². The summed E-state index contributed by atoms with van der Waals surface area (Å²) in [5.74, 6) is 1.29. The highest BCUT2D eigenvalue weighted by molar-refractivity contribution is 9.10. The molecule has 0 spiro atoms. The van der Waals surface area contributed by atoms with Crippen LogP contribution in [0.4, 0.5) is 10.5 Å². The van der Waals surface area contributed by atoms with Gasteiger partial charge < -0.3 is 14.8 Å². The minimum absolute atomic E-state index is 0.142. The molecular weight excluding hydrogens is 408 g/mol. The quantitative estimate of drug-likeness (QED) is 0.749. The third-order valence-corrected chi connectivity index (χ3v) is 5.32. The fourth-order valence-electron chi connectivity index (χ4n) is 3.53. The number of anilines is 1. The van der Waals surface area contributed by atoms with Gasteiger partial charge in [0.1, 0.15) is 0 Å². The number of fused-ring (bicyclic) bond motifs is 4. The summed E-state index contributed by atoms with van der Waals surface area (Å²) in [5.41, 5.74) is 0.810. The average molecular weight is 424 g/mol. The number of benzene rings is 2. The first-order valence-electron chi connectivity index (χ1n) is 7.84. The number of hydrogen-bond acceptors (Lipinski definition) is 3. The second kappa shape index (κ2) is 5.81. The molecule has 1 N–H and O–H groups in total. The van der Waals surface area contributed by atoms with Crippen LogP contribution in [0.15, 0.2) is 40.9 Å². The Morgan fingerprint density at radius 1 is 1.36 bits per heavy atom. The molecular formula is C18H16BrClN2O3. The van der Waals surface area contributed by atoms with E-state index in [1.165, 1.54) is 0 Å². The molecule has 2 aromatic carbocycles. The van der Waals surface area contributed by atoms with E-state index in [1.54, 1.807) is 24.1 Å². The molecule has 2 amide bonds. The second-order valence-corrected chi connectivity index (χ2v) is 7.67. The van der Waals surface area contributed by atoms with Crippen molar-refractivity contribution >= 4 is 39.2 Å². The van der Waals surface area contributed by atoms with Crippen LogP contribution >= 0.6 is 27.5 Å². The van der Waals surface area contributed by atoms with Gasteiger partial charge in [-0.25, -0.2) is 4.79 Å². The van der Waals surface area contributed by atoms with E-state index in [9.17, 15) is 4.79 Å². The number of nitrogens with zero attached hydrogens (tertiary/aromatic N) is 1. The molecule has 5 nitrogen and oxygen atoms in total. The van der Waals surface area contributed by atoms with Crippen LogP contribution in [-0.2, 0) is 0 Å². The van der Waals surface area contributed by atoms with Crippen molar-refractivity contribution in [3.05, 3.63) is 51.5 Å². The summed E-state index contributed by atoms with van der Waals surface area (Å²) in [6.07, 6.45) is 0.619. The van der Waals surface area contributed by atoms with E-state index < -0.39 is 5.72 Å². The van der Waals surface area contributed by atoms with Gasteiger partial charge in [-0.2, -0.15) is 0 Å². The van der Waals surface area contributed by atoms with Crippen LogP contribution in [0, 0.1) is 0 Å². The third-order valence-electron chi connectivity index (χ3n) is 4.61. The summed E-state index contributed by atoms with van der Waals surface area (Å²) >= 11 is 9.46. The van der Waals surface area contributed by atoms with Crippen molar-refractivity contribution in [2.45, 2.75) is 25.1 Å². The highest BCUT2D eigenvalue weighted by Crippen LogP contribution is 2.50. The van der Waals surface area contributed by atoms with Crippen molar-refractivity contribution in [3.63, 3.8) is 0 Å². The smallest absolute Gasteiger partial charge is 0.325 e. The number of urea groups is 1. The number of halogens is 2. The number of carbonyl (C=O) groups excluding carboxylic acids is 1. The van der Waals surface area contributed by atoms with Crippen molar-refractivity contribution in [2.24, 2.45) is 0 Å². The Balaban J connectivity index is 1.82. The van der Waals surface area contributed by atoms with E-state index >= 15 is 0 Å². The lowest BCUT2D eigenvalue weighted by Gasteiger charge is -2.50. The van der Waals surface area contributed by atoms with Crippen LogP contribution in [0.1, 0.15) is 24.9 Å². The summed E-state index contributed by atoms with van der Waals surface area (Å²) in [5, 5.41) is 3.68. The van der Waals surface area contributed by atoms with Gasteiger partial charge in [0.15, 0.2) is 17.2 Å². The van der Waals surface area contributed by atoms with Crippen LogP contribution in [0.25, 0.3) is 0 Å². The van der Waals surface area contributed by atoms with Crippen LogP contribution in [0.3, 0.4) is 0 Å². The number of methoxy groups -OCH3 is 1. The number of nitrogens with one attached hydrogen (secondary N) is 1. The molecule has 2 aliphatic rings. The van der Waals surface area contributed by atoms with Crippen LogP contribution < -0.4 is 19.7 Å². The van der Waals surface area contributed by atoms with E-state index in [-0.39, 0.29) is 12.1 Å². The molecule has 130 valence electrons. The van der Waals surface area contributed by atoms with Crippen LogP contribution in [0.5, 0.6) is 11.5 Å². The Morgan fingerprint density at radius 2 is 2.08 bits per heavy atom. The van der Waals surface area contributed by atoms with Gasteiger partial charge in [0.05, 0.1) is 13.2 Å². The number of ether oxygens (including phenoxy) is 2. The predicted molar refractivity (Wildman–Crippen MR) is 99.5 cm³/mol. The number of carbonyl (C=O) groups is 1. The first-order valence-corrected chi connectivity index (χ1v) is 9.01. The SMILES string of the molecule is COc1cc(Br)cc2c1OC1(C)CC2NC(=O)N1c1ccc(Cl)cc1. The Bertz CT molecular complexity index is 858. The maximum atomic E-state index is 12.8. The molecule has 1 fully saturated rings. The number of hydrogen-bond donors (Lipinski definition) is 1. The largest absolute Gasteiger partial charge is 0.493 e.